The summed E-state index contributed by atoms with van der Waals surface area (Å²) in [5.74, 6) is 1.75. The van der Waals surface area contributed by atoms with Gasteiger partial charge in [0.25, 0.3) is 0 Å². The highest BCUT2D eigenvalue weighted by molar-refractivity contribution is 5.46. The number of benzene rings is 1. The van der Waals surface area contributed by atoms with Gasteiger partial charge in [0.05, 0.1) is 19.3 Å². The summed E-state index contributed by atoms with van der Waals surface area (Å²) in [4.78, 5) is 2.44. The largest absolute Gasteiger partial charge is 0.493 e. The SMILES string of the molecule is COc1ccc([C@@]23CC[C@H](O)C[C@@H]2N(C)CC3)cc1OC1CCCCC1. The molecule has 3 fully saturated rings. The smallest absolute Gasteiger partial charge is 0.161 e. The van der Waals surface area contributed by atoms with E-state index in [1.165, 1.54) is 24.8 Å². The Balaban J connectivity index is 1.64. The predicted octanol–water partition coefficient (Wildman–Crippen LogP) is 3.89. The van der Waals surface area contributed by atoms with Crippen LogP contribution in [0.3, 0.4) is 0 Å². The quantitative estimate of drug-likeness (QED) is 0.885. The van der Waals surface area contributed by atoms with E-state index in [0.29, 0.717) is 12.1 Å². The van der Waals surface area contributed by atoms with Crippen molar-refractivity contribution in [3.05, 3.63) is 23.8 Å². The average Bonchev–Trinajstić information content (AvgIpc) is 3.00. The Labute approximate surface area is 157 Å². The molecule has 0 amide bonds. The molecule has 0 spiro atoms. The van der Waals surface area contributed by atoms with Gasteiger partial charge < -0.3 is 19.5 Å². The van der Waals surface area contributed by atoms with Crippen LogP contribution in [0, 0.1) is 0 Å². The minimum absolute atomic E-state index is 0.144. The molecule has 0 aromatic heterocycles. The van der Waals surface area contributed by atoms with Crippen LogP contribution in [0.4, 0.5) is 0 Å². The number of nitrogens with zero attached hydrogens (tertiary/aromatic N) is 1. The molecule has 144 valence electrons. The zero-order valence-electron chi connectivity index (χ0n) is 16.2. The van der Waals surface area contributed by atoms with Crippen LogP contribution in [0.2, 0.25) is 0 Å². The van der Waals surface area contributed by atoms with Crippen molar-refractivity contribution in [1.82, 2.24) is 4.90 Å². The highest BCUT2D eigenvalue weighted by atomic mass is 16.5. The lowest BCUT2D eigenvalue weighted by Gasteiger charge is -2.43. The maximum Gasteiger partial charge on any atom is 0.161 e. The molecule has 0 bridgehead atoms. The summed E-state index contributed by atoms with van der Waals surface area (Å²) < 4.78 is 12.0. The molecular weight excluding hydrogens is 326 g/mol. The minimum atomic E-state index is -0.162. The molecule has 0 radical (unpaired) electrons. The van der Waals surface area contributed by atoms with Crippen LogP contribution in [0.5, 0.6) is 11.5 Å². The first-order valence-electron chi connectivity index (χ1n) is 10.4. The van der Waals surface area contributed by atoms with Crippen molar-refractivity contribution in [1.29, 1.82) is 0 Å². The number of hydrogen-bond acceptors (Lipinski definition) is 4. The fraction of sp³-hybridized carbons (Fsp3) is 0.727. The Hall–Kier alpha value is -1.26. The number of rotatable bonds is 4. The van der Waals surface area contributed by atoms with E-state index in [4.69, 9.17) is 9.47 Å². The van der Waals surface area contributed by atoms with Gasteiger partial charge >= 0.3 is 0 Å². The molecule has 26 heavy (non-hydrogen) atoms. The van der Waals surface area contributed by atoms with Crippen LogP contribution in [-0.4, -0.2) is 49.0 Å². The van der Waals surface area contributed by atoms with Crippen molar-refractivity contribution < 1.29 is 14.6 Å². The van der Waals surface area contributed by atoms with Crippen LogP contribution in [-0.2, 0) is 5.41 Å². The predicted molar refractivity (Wildman–Crippen MR) is 103 cm³/mol. The molecule has 4 heteroatoms. The van der Waals surface area contributed by atoms with Gasteiger partial charge in [0, 0.05) is 11.5 Å². The van der Waals surface area contributed by atoms with Gasteiger partial charge in [-0.15, -0.1) is 0 Å². The van der Waals surface area contributed by atoms with Crippen LogP contribution in [0.25, 0.3) is 0 Å². The van der Waals surface area contributed by atoms with Gasteiger partial charge in [-0.3, -0.25) is 0 Å². The number of fused-ring (bicyclic) bond motifs is 1. The highest BCUT2D eigenvalue weighted by Gasteiger charge is 2.50. The summed E-state index contributed by atoms with van der Waals surface area (Å²) in [5.41, 5.74) is 1.51. The van der Waals surface area contributed by atoms with Gasteiger partial charge in [-0.05, 0) is 82.7 Å². The fourth-order valence-electron chi connectivity index (χ4n) is 5.54. The molecule has 1 saturated heterocycles. The Kier molecular flexibility index (Phi) is 5.15. The van der Waals surface area contributed by atoms with Gasteiger partial charge in [-0.2, -0.15) is 0 Å². The van der Waals surface area contributed by atoms with Crippen molar-refractivity contribution in [2.45, 2.75) is 81.5 Å². The third-order valence-electron chi connectivity index (χ3n) is 7.08. The molecule has 3 atom stereocenters. The molecule has 4 nitrogen and oxygen atoms in total. The van der Waals surface area contributed by atoms with Crippen LogP contribution < -0.4 is 9.47 Å². The Bertz CT molecular complexity index is 628. The second kappa shape index (κ2) is 7.40. The van der Waals surface area contributed by atoms with Crippen LogP contribution in [0.1, 0.15) is 63.4 Å². The summed E-state index contributed by atoms with van der Waals surface area (Å²) in [7, 11) is 3.93. The van der Waals surface area contributed by atoms with Crippen molar-refractivity contribution in [2.24, 2.45) is 0 Å². The lowest BCUT2D eigenvalue weighted by Crippen LogP contribution is -2.47. The first kappa shape index (κ1) is 18.1. The third-order valence-corrected chi connectivity index (χ3v) is 7.08. The number of hydrogen-bond donors (Lipinski definition) is 1. The molecule has 2 aliphatic carbocycles. The third kappa shape index (κ3) is 3.22. The molecule has 1 N–H and O–H groups in total. The fourth-order valence-corrected chi connectivity index (χ4v) is 5.54. The number of aliphatic hydroxyl groups is 1. The molecule has 3 aliphatic rings. The zero-order valence-corrected chi connectivity index (χ0v) is 16.2. The minimum Gasteiger partial charge on any atom is -0.493 e. The van der Waals surface area contributed by atoms with E-state index >= 15 is 0 Å². The Morgan fingerprint density at radius 2 is 1.88 bits per heavy atom. The Morgan fingerprint density at radius 1 is 1.08 bits per heavy atom. The summed E-state index contributed by atoms with van der Waals surface area (Å²) in [6.07, 6.45) is 10.3. The van der Waals surface area contributed by atoms with Gasteiger partial charge in [0.1, 0.15) is 0 Å². The molecule has 0 unspecified atom stereocenters. The normalized spacial score (nSPS) is 33.0. The first-order chi connectivity index (χ1) is 12.6. The number of likely N-dealkylation sites (N-methyl/N-ethyl adjacent to an activating group) is 1. The maximum atomic E-state index is 10.2. The van der Waals surface area contributed by atoms with E-state index in [1.54, 1.807) is 7.11 Å². The van der Waals surface area contributed by atoms with E-state index < -0.39 is 0 Å². The summed E-state index contributed by atoms with van der Waals surface area (Å²) in [5, 5.41) is 10.2. The van der Waals surface area contributed by atoms with E-state index in [1.807, 2.05) is 0 Å². The van der Waals surface area contributed by atoms with Gasteiger partial charge in [-0.1, -0.05) is 12.5 Å². The molecule has 1 aliphatic heterocycles. The molecule has 1 aromatic rings. The lowest BCUT2D eigenvalue weighted by atomic mass is 9.65. The molecule has 2 saturated carbocycles. The standard InChI is InChI=1S/C22H33NO3/c1-23-13-12-22(11-10-17(24)15-21(22)23)16-8-9-19(25-2)20(14-16)26-18-6-4-3-5-7-18/h8-9,14,17-18,21,24H,3-7,10-13,15H2,1-2H3/t17-,21-,22-/m0/s1. The van der Waals surface area contributed by atoms with E-state index in [0.717, 1.165) is 56.6 Å². The van der Waals surface area contributed by atoms with Crippen LogP contribution in [0.15, 0.2) is 18.2 Å². The van der Waals surface area contributed by atoms with E-state index in [-0.39, 0.29) is 11.5 Å². The van der Waals surface area contributed by atoms with E-state index in [9.17, 15) is 5.11 Å². The van der Waals surface area contributed by atoms with Gasteiger partial charge in [-0.25, -0.2) is 0 Å². The van der Waals surface area contributed by atoms with Crippen molar-refractivity contribution in [3.8, 4) is 11.5 Å². The van der Waals surface area contributed by atoms with Gasteiger partial charge in [0.15, 0.2) is 11.5 Å². The molecule has 4 rings (SSSR count). The van der Waals surface area contributed by atoms with Crippen molar-refractivity contribution in [2.75, 3.05) is 20.7 Å². The highest BCUT2D eigenvalue weighted by Crippen LogP contribution is 2.50. The van der Waals surface area contributed by atoms with Crippen molar-refractivity contribution in [3.63, 3.8) is 0 Å². The second-order valence-electron chi connectivity index (χ2n) is 8.57. The van der Waals surface area contributed by atoms with E-state index in [2.05, 4.69) is 30.1 Å². The first-order valence-corrected chi connectivity index (χ1v) is 10.4. The zero-order chi connectivity index (χ0) is 18.1. The average molecular weight is 360 g/mol. The lowest BCUT2D eigenvalue weighted by molar-refractivity contribution is 0.0565. The molecular formula is C22H33NO3. The topological polar surface area (TPSA) is 41.9 Å². The molecule has 1 heterocycles. The second-order valence-corrected chi connectivity index (χ2v) is 8.57. The molecule has 1 aromatic carbocycles. The summed E-state index contributed by atoms with van der Waals surface area (Å²) in [6.45, 7) is 1.10. The maximum absolute atomic E-state index is 10.2. The van der Waals surface area contributed by atoms with Gasteiger partial charge in [0.2, 0.25) is 0 Å². The van der Waals surface area contributed by atoms with Crippen LogP contribution >= 0.6 is 0 Å². The van der Waals surface area contributed by atoms with Crippen molar-refractivity contribution >= 4 is 0 Å². The number of ether oxygens (including phenoxy) is 2. The number of methoxy groups -OCH3 is 1. The Morgan fingerprint density at radius 3 is 2.65 bits per heavy atom. The summed E-state index contributed by atoms with van der Waals surface area (Å²) >= 11 is 0. The summed E-state index contributed by atoms with van der Waals surface area (Å²) in [6, 6.07) is 6.98. The number of aliphatic hydroxyl groups excluding tert-OH is 1. The number of likely N-dealkylation sites (tertiary alicyclic amines) is 1. The monoisotopic (exact) mass is 359 g/mol.